The molecule has 4 aromatic rings. The Morgan fingerprint density at radius 2 is 1.69 bits per heavy atom. The summed E-state index contributed by atoms with van der Waals surface area (Å²) in [7, 11) is 3.23. The van der Waals surface area contributed by atoms with Gasteiger partial charge < -0.3 is 40.1 Å². The molecule has 4 rings (SSSR count). The van der Waals surface area contributed by atoms with Crippen molar-refractivity contribution in [2.75, 3.05) is 52.5 Å². The average Bonchev–Trinajstić information content (AvgIpc) is 2.98. The molecule has 0 saturated carbocycles. The molecule has 1 aromatic heterocycles. The molecule has 12 heteroatoms. The molecule has 0 aliphatic rings. The number of benzene rings is 3. The van der Waals surface area contributed by atoms with Crippen molar-refractivity contribution in [1.29, 1.82) is 0 Å². The van der Waals surface area contributed by atoms with Crippen molar-refractivity contribution in [1.82, 2.24) is 15.0 Å². The van der Waals surface area contributed by atoms with Crippen LogP contribution in [0.3, 0.4) is 0 Å². The van der Waals surface area contributed by atoms with Crippen LogP contribution in [-0.2, 0) is 9.47 Å². The molecule has 0 spiro atoms. The number of methoxy groups -OCH3 is 2. The minimum absolute atomic E-state index is 0.123. The van der Waals surface area contributed by atoms with Gasteiger partial charge in [-0.1, -0.05) is 35.9 Å². The zero-order valence-corrected chi connectivity index (χ0v) is 24.3. The number of ether oxygens (including phenoxy) is 4. The third-order valence-electron chi connectivity index (χ3n) is 6.17. The fourth-order valence-electron chi connectivity index (χ4n) is 4.10. The van der Waals surface area contributed by atoms with Gasteiger partial charge in [0.25, 0.3) is 0 Å². The monoisotopic (exact) mass is 594 g/mol. The Hall–Kier alpha value is -4.13. The van der Waals surface area contributed by atoms with E-state index in [0.717, 1.165) is 16.6 Å². The minimum atomic E-state index is -0.842. The quantitative estimate of drug-likeness (QED) is 0.0888. The third kappa shape index (κ3) is 8.44. The molecule has 0 fully saturated rings. The molecule has 6 N–H and O–H groups in total. The number of hydrazine groups is 1. The molecule has 0 radical (unpaired) electrons. The van der Waals surface area contributed by atoms with E-state index in [1.807, 2.05) is 36.4 Å². The maximum Gasteiger partial charge on any atom is 0.163 e. The molecular weight excluding hydrogens is 560 g/mol. The van der Waals surface area contributed by atoms with E-state index in [1.54, 1.807) is 44.7 Å². The number of hydrogen-bond acceptors (Lipinski definition) is 11. The Balaban J connectivity index is 1.53. The number of rotatable bonds is 15. The van der Waals surface area contributed by atoms with E-state index in [1.165, 1.54) is 11.3 Å². The Morgan fingerprint density at radius 1 is 0.976 bits per heavy atom. The number of fused-ring (bicyclic) bond motifs is 1. The lowest BCUT2D eigenvalue weighted by Crippen LogP contribution is -2.31. The van der Waals surface area contributed by atoms with Crippen LogP contribution in [0.25, 0.3) is 16.6 Å². The normalized spacial score (nSPS) is 12.3. The van der Waals surface area contributed by atoms with Crippen LogP contribution in [0.15, 0.2) is 73.2 Å². The summed E-state index contributed by atoms with van der Waals surface area (Å²) in [6.45, 7) is 1.69. The number of anilines is 2. The summed E-state index contributed by atoms with van der Waals surface area (Å²) in [5, 5.41) is 16.5. The second-order valence-corrected chi connectivity index (χ2v) is 9.72. The van der Waals surface area contributed by atoms with Crippen molar-refractivity contribution in [3.63, 3.8) is 0 Å². The second-order valence-electron chi connectivity index (χ2n) is 9.28. The zero-order chi connectivity index (χ0) is 29.9. The van der Waals surface area contributed by atoms with Crippen LogP contribution in [-0.4, -0.2) is 67.3 Å². The molecule has 222 valence electrons. The van der Waals surface area contributed by atoms with E-state index in [-0.39, 0.29) is 6.54 Å². The van der Waals surface area contributed by atoms with Crippen LogP contribution in [0.2, 0.25) is 5.02 Å². The van der Waals surface area contributed by atoms with Gasteiger partial charge >= 0.3 is 0 Å². The molecule has 3 aromatic carbocycles. The Labute approximate surface area is 249 Å². The lowest BCUT2D eigenvalue weighted by Gasteiger charge is -2.20. The molecule has 42 heavy (non-hydrogen) atoms. The number of hydrogen-bond donors (Lipinski definition) is 4. The maximum absolute atomic E-state index is 10.5. The van der Waals surface area contributed by atoms with Crippen LogP contribution in [0, 0.1) is 0 Å². The van der Waals surface area contributed by atoms with Gasteiger partial charge in [-0.3, -0.25) is 0 Å². The summed E-state index contributed by atoms with van der Waals surface area (Å²) in [6.07, 6.45) is 2.21. The van der Waals surface area contributed by atoms with E-state index in [0.29, 0.717) is 65.5 Å². The average molecular weight is 595 g/mol. The predicted molar refractivity (Wildman–Crippen MR) is 163 cm³/mol. The topological polar surface area (TPSA) is 150 Å². The molecule has 0 aliphatic heterocycles. The van der Waals surface area contributed by atoms with Gasteiger partial charge in [0.05, 0.1) is 37.1 Å². The second kappa shape index (κ2) is 15.2. The number of nitrogens with zero attached hydrogens (tertiary/aromatic N) is 3. The molecule has 0 saturated heterocycles. The molecule has 1 atom stereocenters. The van der Waals surface area contributed by atoms with Gasteiger partial charge in [0, 0.05) is 48.1 Å². The molecule has 0 aliphatic carbocycles. The van der Waals surface area contributed by atoms with Crippen molar-refractivity contribution in [2.45, 2.75) is 6.10 Å². The van der Waals surface area contributed by atoms with Crippen LogP contribution < -0.4 is 26.4 Å². The van der Waals surface area contributed by atoms with Gasteiger partial charge in [0.15, 0.2) is 11.5 Å². The van der Waals surface area contributed by atoms with Gasteiger partial charge in [0.2, 0.25) is 0 Å². The van der Waals surface area contributed by atoms with Crippen LogP contribution in [0.4, 0.5) is 11.5 Å². The molecule has 0 bridgehead atoms. The lowest BCUT2D eigenvalue weighted by molar-refractivity contribution is 0.132. The highest BCUT2D eigenvalue weighted by Crippen LogP contribution is 2.35. The number of aliphatic hydroxyl groups is 1. The summed E-state index contributed by atoms with van der Waals surface area (Å²) in [4.78, 5) is 8.88. The van der Waals surface area contributed by atoms with Gasteiger partial charge in [-0.25, -0.2) is 15.8 Å². The van der Waals surface area contributed by atoms with E-state index in [2.05, 4.69) is 15.3 Å². The molecule has 1 heterocycles. The van der Waals surface area contributed by atoms with Gasteiger partial charge in [0.1, 0.15) is 25.4 Å². The smallest absolute Gasteiger partial charge is 0.163 e. The highest BCUT2D eigenvalue weighted by Gasteiger charge is 2.14. The predicted octanol–water partition coefficient (Wildman–Crippen LogP) is 4.24. The summed E-state index contributed by atoms with van der Waals surface area (Å²) in [6, 6.07) is 18.1. The fourth-order valence-corrected chi connectivity index (χ4v) is 4.30. The first kappa shape index (κ1) is 30.8. The van der Waals surface area contributed by atoms with Gasteiger partial charge in [-0.15, -0.1) is 0 Å². The number of nitrogens with two attached hydrogens (primary N) is 2. The zero-order valence-electron chi connectivity index (χ0n) is 23.5. The fraction of sp³-hybridized carbons (Fsp3) is 0.267. The maximum atomic E-state index is 10.5. The number of aromatic nitrogens is 2. The first-order chi connectivity index (χ1) is 20.4. The first-order valence-corrected chi connectivity index (χ1v) is 13.6. The van der Waals surface area contributed by atoms with Gasteiger partial charge in [-0.05, 0) is 35.9 Å². The molecule has 1 unspecified atom stereocenters. The lowest BCUT2D eigenvalue weighted by atomic mass is 10.1. The van der Waals surface area contributed by atoms with E-state index in [9.17, 15) is 5.11 Å². The highest BCUT2D eigenvalue weighted by atomic mass is 35.5. The number of aliphatic hydroxyl groups excluding tert-OH is 1. The third-order valence-corrected chi connectivity index (χ3v) is 6.41. The van der Waals surface area contributed by atoms with Gasteiger partial charge in [-0.2, -0.15) is 0 Å². The van der Waals surface area contributed by atoms with Crippen molar-refractivity contribution < 1.29 is 24.1 Å². The van der Waals surface area contributed by atoms with Crippen molar-refractivity contribution >= 4 is 39.7 Å². The van der Waals surface area contributed by atoms with Crippen LogP contribution >= 0.6 is 11.6 Å². The first-order valence-electron chi connectivity index (χ1n) is 13.2. The summed E-state index contributed by atoms with van der Waals surface area (Å²) >= 11 is 6.04. The number of halogens is 1. The van der Waals surface area contributed by atoms with Crippen molar-refractivity contribution in [2.24, 2.45) is 11.6 Å². The summed E-state index contributed by atoms with van der Waals surface area (Å²) in [5.41, 5.74) is 9.58. The summed E-state index contributed by atoms with van der Waals surface area (Å²) in [5.74, 6) is 7.80. The summed E-state index contributed by atoms with van der Waals surface area (Å²) < 4.78 is 22.0. The molecular formula is C30H35ClN6O5. The standard InChI is InChI=1S/C30H35ClN6O5/c1-39-9-11-41-28-15-24-26(16-29(28)42-12-10-40-2)34-19-35-30(24)36-23-8-4-5-20(14-23)25(32)17-37(33)18-27(38)21-6-3-7-22(31)13-21/h3-8,13-17,19,27,38H,9-12,18,32-33H2,1-2H3,(H,34,35,36)/b25-17-. The van der Waals surface area contributed by atoms with E-state index < -0.39 is 6.10 Å². The van der Waals surface area contributed by atoms with Crippen molar-refractivity contribution in [3.05, 3.63) is 89.3 Å². The number of nitrogens with one attached hydrogen (secondary N) is 1. The largest absolute Gasteiger partial charge is 0.487 e. The SMILES string of the molecule is COCCOc1cc2ncnc(Nc3cccc(/C(N)=C/N(N)CC(O)c4cccc(Cl)c4)c3)c2cc1OCCOC. The Bertz CT molecular complexity index is 1500. The van der Waals surface area contributed by atoms with Crippen LogP contribution in [0.5, 0.6) is 11.5 Å². The van der Waals surface area contributed by atoms with E-state index in [4.69, 9.17) is 42.1 Å². The minimum Gasteiger partial charge on any atom is -0.487 e. The Morgan fingerprint density at radius 3 is 2.40 bits per heavy atom. The van der Waals surface area contributed by atoms with Crippen molar-refractivity contribution in [3.8, 4) is 11.5 Å². The molecule has 0 amide bonds. The van der Waals surface area contributed by atoms with Crippen LogP contribution in [0.1, 0.15) is 17.2 Å². The Kier molecular flexibility index (Phi) is 11.2. The molecule has 11 nitrogen and oxygen atoms in total. The highest BCUT2D eigenvalue weighted by molar-refractivity contribution is 6.30. The van der Waals surface area contributed by atoms with E-state index >= 15 is 0 Å².